The second kappa shape index (κ2) is 8.18. The number of rotatable bonds is 6. The predicted molar refractivity (Wildman–Crippen MR) is 96.5 cm³/mol. The maximum Gasteiger partial charge on any atom is 0.237 e. The molecule has 1 N–H and O–H groups in total. The van der Waals surface area contributed by atoms with Crippen LogP contribution < -0.4 is 5.32 Å². The van der Waals surface area contributed by atoms with E-state index in [9.17, 15) is 9.59 Å². The molecule has 0 aliphatic rings. The Bertz CT molecular complexity index is 683. The number of hydrogen-bond donors (Lipinski definition) is 1. The Morgan fingerprint density at radius 2 is 1.70 bits per heavy atom. The van der Waals surface area contributed by atoms with Gasteiger partial charge >= 0.3 is 0 Å². The number of Topliss-reactive ketones (excluding diaryl/α,β-unsaturated/α-hetero) is 1. The van der Waals surface area contributed by atoms with Gasteiger partial charge < -0.3 is 5.32 Å². The Morgan fingerprint density at radius 3 is 2.22 bits per heavy atom. The highest BCUT2D eigenvalue weighted by Gasteiger charge is 2.18. The summed E-state index contributed by atoms with van der Waals surface area (Å²) in [7, 11) is 0. The van der Waals surface area contributed by atoms with Gasteiger partial charge in [-0.15, -0.1) is 11.8 Å². The highest BCUT2D eigenvalue weighted by Crippen LogP contribution is 2.27. The number of halogens is 1. The maximum atomic E-state index is 12.4. The fourth-order valence-electron chi connectivity index (χ4n) is 2.01. The van der Waals surface area contributed by atoms with Gasteiger partial charge in [0.15, 0.2) is 5.78 Å². The number of thioether (sulfide) groups is 1. The van der Waals surface area contributed by atoms with Crippen LogP contribution in [0.1, 0.15) is 30.6 Å². The quantitative estimate of drug-likeness (QED) is 0.587. The smallest absolute Gasteiger partial charge is 0.237 e. The SMILES string of the molecule is CCC(Sc1ccc(Cl)cc1)C(=O)Nc1ccc(C(C)=O)cc1. The van der Waals surface area contributed by atoms with E-state index in [0.29, 0.717) is 22.7 Å². The van der Waals surface area contributed by atoms with E-state index in [-0.39, 0.29) is 16.9 Å². The minimum Gasteiger partial charge on any atom is -0.325 e. The van der Waals surface area contributed by atoms with Gasteiger partial charge in [0.25, 0.3) is 0 Å². The van der Waals surface area contributed by atoms with Crippen LogP contribution in [0.15, 0.2) is 53.4 Å². The van der Waals surface area contributed by atoms with Crippen LogP contribution in [0.5, 0.6) is 0 Å². The summed E-state index contributed by atoms with van der Waals surface area (Å²) < 4.78 is 0. The largest absolute Gasteiger partial charge is 0.325 e. The molecule has 0 aliphatic carbocycles. The van der Waals surface area contributed by atoms with Crippen molar-refractivity contribution in [2.45, 2.75) is 30.4 Å². The molecule has 23 heavy (non-hydrogen) atoms. The first-order valence-corrected chi connectivity index (χ1v) is 8.59. The lowest BCUT2D eigenvalue weighted by molar-refractivity contribution is -0.115. The van der Waals surface area contributed by atoms with Crippen molar-refractivity contribution < 1.29 is 9.59 Å². The second-order valence-corrected chi connectivity index (χ2v) is 6.80. The van der Waals surface area contributed by atoms with Crippen LogP contribution >= 0.6 is 23.4 Å². The summed E-state index contributed by atoms with van der Waals surface area (Å²) in [6.07, 6.45) is 0.713. The van der Waals surface area contributed by atoms with E-state index < -0.39 is 0 Å². The molecule has 0 saturated carbocycles. The van der Waals surface area contributed by atoms with Crippen LogP contribution in [0, 0.1) is 0 Å². The average molecular weight is 348 g/mol. The topological polar surface area (TPSA) is 46.2 Å². The zero-order valence-electron chi connectivity index (χ0n) is 13.0. The van der Waals surface area contributed by atoms with Crippen LogP contribution in [0.2, 0.25) is 5.02 Å². The van der Waals surface area contributed by atoms with Crippen LogP contribution in [0.3, 0.4) is 0 Å². The Morgan fingerprint density at radius 1 is 1.09 bits per heavy atom. The molecule has 2 rings (SSSR count). The lowest BCUT2D eigenvalue weighted by Gasteiger charge is -2.15. The van der Waals surface area contributed by atoms with Gasteiger partial charge in [0.2, 0.25) is 5.91 Å². The number of carbonyl (C=O) groups is 2. The van der Waals surface area contributed by atoms with Crippen molar-refractivity contribution in [3.8, 4) is 0 Å². The normalized spacial score (nSPS) is 11.8. The second-order valence-electron chi connectivity index (χ2n) is 5.09. The van der Waals surface area contributed by atoms with E-state index in [1.165, 1.54) is 18.7 Å². The van der Waals surface area contributed by atoms with E-state index >= 15 is 0 Å². The third-order valence-electron chi connectivity index (χ3n) is 3.31. The molecule has 1 amide bonds. The van der Waals surface area contributed by atoms with Gasteiger partial charge in [-0.2, -0.15) is 0 Å². The number of benzene rings is 2. The van der Waals surface area contributed by atoms with E-state index in [1.807, 2.05) is 31.2 Å². The summed E-state index contributed by atoms with van der Waals surface area (Å²) in [6.45, 7) is 3.50. The average Bonchev–Trinajstić information content (AvgIpc) is 2.54. The van der Waals surface area contributed by atoms with Gasteiger partial charge in [-0.25, -0.2) is 0 Å². The number of amides is 1. The first-order valence-electron chi connectivity index (χ1n) is 7.33. The van der Waals surface area contributed by atoms with Crippen LogP contribution in [-0.2, 0) is 4.79 Å². The molecule has 2 aromatic rings. The molecule has 0 heterocycles. The monoisotopic (exact) mass is 347 g/mol. The van der Waals surface area contributed by atoms with Crippen LogP contribution in [0.4, 0.5) is 5.69 Å². The van der Waals surface area contributed by atoms with Crippen molar-refractivity contribution in [2.75, 3.05) is 5.32 Å². The number of anilines is 1. The van der Waals surface area contributed by atoms with Crippen molar-refractivity contribution in [3.05, 3.63) is 59.1 Å². The lowest BCUT2D eigenvalue weighted by atomic mass is 10.1. The number of carbonyl (C=O) groups excluding carboxylic acids is 2. The molecule has 0 radical (unpaired) electrons. The van der Waals surface area contributed by atoms with Crippen molar-refractivity contribution in [1.82, 2.24) is 0 Å². The van der Waals surface area contributed by atoms with Gasteiger partial charge in [0, 0.05) is 21.2 Å². The van der Waals surface area contributed by atoms with Crippen molar-refractivity contribution in [1.29, 1.82) is 0 Å². The number of nitrogens with one attached hydrogen (secondary N) is 1. The molecule has 1 unspecified atom stereocenters. The molecule has 1 atom stereocenters. The molecule has 0 bridgehead atoms. The molecular formula is C18H18ClNO2S. The molecule has 2 aromatic carbocycles. The Balaban J connectivity index is 2.01. The highest BCUT2D eigenvalue weighted by molar-refractivity contribution is 8.00. The van der Waals surface area contributed by atoms with Crippen molar-refractivity contribution in [3.63, 3.8) is 0 Å². The zero-order valence-corrected chi connectivity index (χ0v) is 14.6. The predicted octanol–water partition coefficient (Wildman–Crippen LogP) is 5.05. The molecule has 0 fully saturated rings. The van der Waals surface area contributed by atoms with Gasteiger partial charge in [0.1, 0.15) is 0 Å². The van der Waals surface area contributed by atoms with Gasteiger partial charge in [-0.1, -0.05) is 18.5 Å². The van der Waals surface area contributed by atoms with Gasteiger partial charge in [0.05, 0.1) is 5.25 Å². The van der Waals surface area contributed by atoms with Crippen molar-refractivity contribution in [2.24, 2.45) is 0 Å². The van der Waals surface area contributed by atoms with Gasteiger partial charge in [-0.05, 0) is 61.9 Å². The standard InChI is InChI=1S/C18H18ClNO2S/c1-3-17(23-16-10-6-14(19)7-11-16)18(22)20-15-8-4-13(5-9-15)12(2)21/h4-11,17H,3H2,1-2H3,(H,20,22). The fourth-order valence-corrected chi connectivity index (χ4v) is 3.09. The molecule has 0 saturated heterocycles. The first-order chi connectivity index (χ1) is 11.0. The number of hydrogen-bond acceptors (Lipinski definition) is 3. The minimum atomic E-state index is -0.191. The van der Waals surface area contributed by atoms with Gasteiger partial charge in [-0.3, -0.25) is 9.59 Å². The molecule has 0 aliphatic heterocycles. The molecule has 5 heteroatoms. The van der Waals surface area contributed by atoms with Crippen LogP contribution in [0.25, 0.3) is 0 Å². The third kappa shape index (κ3) is 5.12. The summed E-state index contributed by atoms with van der Waals surface area (Å²) in [5, 5.41) is 3.38. The summed E-state index contributed by atoms with van der Waals surface area (Å²) in [5.41, 5.74) is 1.32. The Hall–Kier alpha value is -1.78. The summed E-state index contributed by atoms with van der Waals surface area (Å²) in [5.74, 6) is -0.0457. The summed E-state index contributed by atoms with van der Waals surface area (Å²) in [6, 6.07) is 14.4. The zero-order chi connectivity index (χ0) is 16.8. The van der Waals surface area contributed by atoms with Crippen molar-refractivity contribution >= 4 is 40.7 Å². The fraction of sp³-hybridized carbons (Fsp3) is 0.222. The minimum absolute atomic E-state index is 0.00704. The highest BCUT2D eigenvalue weighted by atomic mass is 35.5. The molecule has 0 aromatic heterocycles. The van der Waals surface area contributed by atoms with E-state index in [2.05, 4.69) is 5.32 Å². The molecule has 3 nitrogen and oxygen atoms in total. The maximum absolute atomic E-state index is 12.4. The summed E-state index contributed by atoms with van der Waals surface area (Å²) in [4.78, 5) is 24.7. The lowest BCUT2D eigenvalue weighted by Crippen LogP contribution is -2.24. The van der Waals surface area contributed by atoms with Crippen LogP contribution in [-0.4, -0.2) is 16.9 Å². The molecule has 0 spiro atoms. The Labute approximate surface area is 145 Å². The summed E-state index contributed by atoms with van der Waals surface area (Å²) >= 11 is 7.38. The molecule has 120 valence electrons. The molecular weight excluding hydrogens is 330 g/mol. The van der Waals surface area contributed by atoms with E-state index in [4.69, 9.17) is 11.6 Å². The van der Waals surface area contributed by atoms with E-state index in [0.717, 1.165) is 4.90 Å². The van der Waals surface area contributed by atoms with E-state index in [1.54, 1.807) is 24.3 Å². The third-order valence-corrected chi connectivity index (χ3v) is 4.94. The Kier molecular flexibility index (Phi) is 6.25. The first kappa shape index (κ1) is 17.6. The number of ketones is 1.